The first-order valence-corrected chi connectivity index (χ1v) is 17.1. The van der Waals surface area contributed by atoms with Crippen molar-refractivity contribution in [3.8, 4) is 0 Å². The number of halogens is 2. The van der Waals surface area contributed by atoms with E-state index in [0.29, 0.717) is 37.1 Å². The average Bonchev–Trinajstić information content (AvgIpc) is 3.13. The summed E-state index contributed by atoms with van der Waals surface area (Å²) in [5.74, 6) is -1.77. The van der Waals surface area contributed by atoms with Crippen molar-refractivity contribution in [3.05, 3.63) is 71.3 Å². The number of amides is 2. The van der Waals surface area contributed by atoms with Crippen LogP contribution < -0.4 is 16.0 Å². The third-order valence-corrected chi connectivity index (χ3v) is 11.4. The SMILES string of the molecule is COC(=O)NC(C(=O)NC1CCCCC1CCC1CNC2CCCS(=O)(=O)N1C2)C(c1ccc(F)cc1)c1ccc(F)cc1. The zero-order chi connectivity index (χ0) is 31.3. The van der Waals surface area contributed by atoms with Gasteiger partial charge in [0.15, 0.2) is 0 Å². The molecule has 44 heavy (non-hydrogen) atoms. The maximum absolute atomic E-state index is 14.1. The Morgan fingerprint density at radius 2 is 1.59 bits per heavy atom. The lowest BCUT2D eigenvalue weighted by Crippen LogP contribution is -2.57. The number of ether oxygens (including phenoxy) is 1. The summed E-state index contributed by atoms with van der Waals surface area (Å²) in [6.07, 6.45) is 5.76. The van der Waals surface area contributed by atoms with E-state index in [-0.39, 0.29) is 29.8 Å². The van der Waals surface area contributed by atoms with Crippen molar-refractivity contribution in [3.63, 3.8) is 0 Å². The number of hydrogen-bond acceptors (Lipinski definition) is 6. The number of hydrogen-bond donors (Lipinski definition) is 3. The van der Waals surface area contributed by atoms with Crippen molar-refractivity contribution < 1.29 is 31.5 Å². The zero-order valence-electron chi connectivity index (χ0n) is 25.0. The lowest BCUT2D eigenvalue weighted by Gasteiger charge is -2.39. The number of piperazine rings is 1. The van der Waals surface area contributed by atoms with Crippen LogP contribution in [-0.2, 0) is 19.6 Å². The molecule has 0 radical (unpaired) electrons. The standard InChI is InChI=1S/C32H42F2N4O5S/c1-43-32(40)37-30(29(22-8-13-24(33)14-9-22)23-10-15-25(34)16-11-23)31(39)36-28-7-3-2-5-21(28)12-17-27-19-35-26-6-4-18-44(41,42)38(27)20-26/h8-11,13-16,21,26-30,35H,2-7,12,17-20H2,1H3,(H,36,39)(H,37,40). The smallest absolute Gasteiger partial charge is 0.407 e. The van der Waals surface area contributed by atoms with Crippen molar-refractivity contribution >= 4 is 22.0 Å². The van der Waals surface area contributed by atoms with E-state index in [1.54, 1.807) is 28.6 Å². The zero-order valence-corrected chi connectivity index (χ0v) is 25.8. The second kappa shape index (κ2) is 14.3. The maximum atomic E-state index is 14.1. The Balaban J connectivity index is 1.35. The largest absolute Gasteiger partial charge is 0.453 e. The highest BCUT2D eigenvalue weighted by atomic mass is 32.2. The molecule has 1 saturated carbocycles. The van der Waals surface area contributed by atoms with E-state index in [2.05, 4.69) is 16.0 Å². The van der Waals surface area contributed by atoms with E-state index in [0.717, 1.165) is 38.5 Å². The molecule has 6 atom stereocenters. The van der Waals surface area contributed by atoms with Gasteiger partial charge in [0.25, 0.3) is 0 Å². The van der Waals surface area contributed by atoms with Gasteiger partial charge in [0.1, 0.15) is 17.7 Å². The normalized spacial score (nSPS) is 27.1. The summed E-state index contributed by atoms with van der Waals surface area (Å²) in [5.41, 5.74) is 1.13. The van der Waals surface area contributed by atoms with E-state index < -0.39 is 45.6 Å². The first-order valence-electron chi connectivity index (χ1n) is 15.5. The number of benzene rings is 2. The summed E-state index contributed by atoms with van der Waals surface area (Å²) in [4.78, 5) is 26.6. The van der Waals surface area contributed by atoms with Gasteiger partial charge in [-0.1, -0.05) is 37.1 Å². The van der Waals surface area contributed by atoms with Crippen LogP contribution in [0, 0.1) is 17.6 Å². The molecule has 5 rings (SSSR count). The molecule has 2 saturated heterocycles. The second-order valence-electron chi connectivity index (χ2n) is 12.2. The summed E-state index contributed by atoms with van der Waals surface area (Å²) in [7, 11) is -2.09. The number of nitrogens with zero attached hydrogens (tertiary/aromatic N) is 1. The molecule has 6 unspecified atom stereocenters. The van der Waals surface area contributed by atoms with Gasteiger partial charge in [0.05, 0.1) is 12.9 Å². The Morgan fingerprint density at radius 1 is 0.955 bits per heavy atom. The summed E-state index contributed by atoms with van der Waals surface area (Å²) < 4.78 is 60.2. The Kier molecular flexibility index (Phi) is 10.5. The molecule has 240 valence electrons. The molecule has 2 aromatic carbocycles. The van der Waals surface area contributed by atoms with E-state index in [1.807, 2.05) is 0 Å². The minimum Gasteiger partial charge on any atom is -0.453 e. The van der Waals surface area contributed by atoms with Crippen LogP contribution >= 0.6 is 0 Å². The summed E-state index contributed by atoms with van der Waals surface area (Å²) in [6, 6.07) is 10.1. The quantitative estimate of drug-likeness (QED) is 0.384. The van der Waals surface area contributed by atoms with Crippen LogP contribution in [0.25, 0.3) is 0 Å². The van der Waals surface area contributed by atoms with E-state index in [4.69, 9.17) is 4.74 Å². The number of nitrogens with one attached hydrogen (secondary N) is 3. The highest BCUT2D eigenvalue weighted by Crippen LogP contribution is 2.33. The van der Waals surface area contributed by atoms with Crippen LogP contribution in [0.3, 0.4) is 0 Å². The van der Waals surface area contributed by atoms with Crippen molar-refractivity contribution in [2.45, 2.75) is 81.5 Å². The van der Waals surface area contributed by atoms with Gasteiger partial charge in [-0.25, -0.2) is 22.0 Å². The predicted octanol–water partition coefficient (Wildman–Crippen LogP) is 4.04. The molecule has 2 amide bonds. The second-order valence-corrected chi connectivity index (χ2v) is 14.3. The number of carbonyl (C=O) groups is 2. The predicted molar refractivity (Wildman–Crippen MR) is 162 cm³/mol. The first kappa shape index (κ1) is 32.3. The summed E-state index contributed by atoms with van der Waals surface area (Å²) >= 11 is 0. The van der Waals surface area contributed by atoms with Crippen LogP contribution in [0.4, 0.5) is 13.6 Å². The Labute approximate surface area is 258 Å². The van der Waals surface area contributed by atoms with Gasteiger partial charge >= 0.3 is 6.09 Å². The Bertz CT molecular complexity index is 1350. The Hall–Kier alpha value is -3.09. The molecule has 9 nitrogen and oxygen atoms in total. The van der Waals surface area contributed by atoms with Gasteiger partial charge in [0.2, 0.25) is 15.9 Å². The third kappa shape index (κ3) is 7.76. The number of methoxy groups -OCH3 is 1. The molecule has 2 heterocycles. The lowest BCUT2D eigenvalue weighted by molar-refractivity contribution is -0.124. The molecule has 0 spiro atoms. The highest BCUT2D eigenvalue weighted by molar-refractivity contribution is 7.89. The van der Waals surface area contributed by atoms with Gasteiger partial charge in [-0.05, 0) is 79.8 Å². The van der Waals surface area contributed by atoms with Crippen LogP contribution in [0.2, 0.25) is 0 Å². The molecule has 2 aromatic rings. The fraction of sp³-hybridized carbons (Fsp3) is 0.562. The number of sulfonamides is 1. The minimum atomic E-state index is -3.29. The fourth-order valence-corrected chi connectivity index (χ4v) is 8.88. The molecule has 3 fully saturated rings. The van der Waals surface area contributed by atoms with Crippen molar-refractivity contribution in [1.82, 2.24) is 20.3 Å². The minimum absolute atomic E-state index is 0.122. The maximum Gasteiger partial charge on any atom is 0.407 e. The molecule has 1 aliphatic carbocycles. The van der Waals surface area contributed by atoms with Crippen LogP contribution in [0.5, 0.6) is 0 Å². The molecule has 3 aliphatic rings. The van der Waals surface area contributed by atoms with Crippen LogP contribution in [0.15, 0.2) is 48.5 Å². The van der Waals surface area contributed by atoms with Crippen molar-refractivity contribution in [1.29, 1.82) is 0 Å². The summed E-state index contributed by atoms with van der Waals surface area (Å²) in [6.45, 7) is 1.13. The molecular formula is C32H42F2N4O5S. The molecule has 2 aliphatic heterocycles. The van der Waals surface area contributed by atoms with Gasteiger partial charge in [0, 0.05) is 37.1 Å². The van der Waals surface area contributed by atoms with Crippen molar-refractivity contribution in [2.75, 3.05) is 26.0 Å². The number of alkyl carbamates (subject to hydrolysis) is 1. The third-order valence-electron chi connectivity index (χ3n) is 9.40. The summed E-state index contributed by atoms with van der Waals surface area (Å²) in [5, 5.41) is 9.40. The molecule has 3 N–H and O–H groups in total. The van der Waals surface area contributed by atoms with Gasteiger partial charge < -0.3 is 20.7 Å². The fourth-order valence-electron chi connectivity index (χ4n) is 7.07. The molecule has 12 heteroatoms. The monoisotopic (exact) mass is 632 g/mol. The number of carbonyl (C=O) groups excluding carboxylic acids is 2. The average molecular weight is 633 g/mol. The first-order chi connectivity index (χ1) is 21.1. The van der Waals surface area contributed by atoms with Gasteiger partial charge in [-0.3, -0.25) is 4.79 Å². The molecule has 0 aromatic heterocycles. The van der Waals surface area contributed by atoms with Crippen molar-refractivity contribution in [2.24, 2.45) is 5.92 Å². The lowest BCUT2D eigenvalue weighted by atomic mass is 9.80. The van der Waals surface area contributed by atoms with Gasteiger partial charge in [-0.2, -0.15) is 4.31 Å². The van der Waals surface area contributed by atoms with E-state index >= 15 is 0 Å². The molecular weight excluding hydrogens is 590 g/mol. The van der Waals surface area contributed by atoms with E-state index in [1.165, 1.54) is 31.4 Å². The Morgan fingerprint density at radius 3 is 2.23 bits per heavy atom. The van der Waals surface area contributed by atoms with Crippen LogP contribution in [0.1, 0.15) is 68.4 Å². The highest BCUT2D eigenvalue weighted by Gasteiger charge is 2.40. The van der Waals surface area contributed by atoms with Gasteiger partial charge in [-0.15, -0.1) is 0 Å². The topological polar surface area (TPSA) is 117 Å². The van der Waals surface area contributed by atoms with Crippen LogP contribution in [-0.4, -0.2) is 74.8 Å². The number of fused-ring (bicyclic) bond motifs is 2. The molecule has 2 bridgehead atoms. The van der Waals surface area contributed by atoms with E-state index in [9.17, 15) is 26.8 Å². The number of rotatable bonds is 9.